The van der Waals surface area contributed by atoms with Crippen LogP contribution in [0.3, 0.4) is 0 Å². The zero-order valence-electron chi connectivity index (χ0n) is 17.5. The summed E-state index contributed by atoms with van der Waals surface area (Å²) < 4.78 is 19.3. The summed E-state index contributed by atoms with van der Waals surface area (Å²) in [7, 11) is 0. The van der Waals surface area contributed by atoms with Crippen molar-refractivity contribution < 1.29 is 28.9 Å². The number of rotatable bonds is 7. The van der Waals surface area contributed by atoms with Gasteiger partial charge in [-0.25, -0.2) is 4.39 Å². The number of anilines is 1. The number of carbonyl (C=O) groups is 2. The molecule has 3 aromatic carbocycles. The summed E-state index contributed by atoms with van der Waals surface area (Å²) in [6, 6.07) is 12.5. The van der Waals surface area contributed by atoms with Crippen molar-refractivity contribution in [1.29, 1.82) is 0 Å². The molecular weight excluding hydrogens is 449 g/mol. The van der Waals surface area contributed by atoms with Gasteiger partial charge in [0, 0.05) is 23.2 Å². The van der Waals surface area contributed by atoms with Crippen molar-refractivity contribution in [1.82, 2.24) is 0 Å². The molecule has 0 radical (unpaired) electrons. The van der Waals surface area contributed by atoms with E-state index in [4.69, 9.17) is 21.4 Å². The molecule has 0 bridgehead atoms. The highest BCUT2D eigenvalue weighted by atomic mass is 35.5. The second kappa shape index (κ2) is 9.50. The lowest BCUT2D eigenvalue weighted by atomic mass is 10.0. The number of phenols is 1. The fourth-order valence-electron chi connectivity index (χ4n) is 3.98. The molecule has 3 N–H and O–H groups in total. The third-order valence-corrected chi connectivity index (χ3v) is 5.75. The quantitative estimate of drug-likeness (QED) is 0.399. The van der Waals surface area contributed by atoms with Gasteiger partial charge in [0.25, 0.3) is 0 Å². The molecule has 0 saturated heterocycles. The number of ether oxygens (including phenoxy) is 1. The third-order valence-electron chi connectivity index (χ3n) is 5.47. The van der Waals surface area contributed by atoms with Crippen LogP contribution in [0, 0.1) is 5.82 Å². The average Bonchev–Trinajstić information content (AvgIpc) is 3.24. The van der Waals surface area contributed by atoms with Crippen LogP contribution in [0.1, 0.15) is 35.1 Å². The monoisotopic (exact) mass is 469 g/mol. The number of nitrogens with one attached hydrogen (secondary N) is 1. The van der Waals surface area contributed by atoms with Gasteiger partial charge in [-0.1, -0.05) is 23.7 Å². The van der Waals surface area contributed by atoms with Crippen molar-refractivity contribution in [3.63, 3.8) is 0 Å². The second-order valence-corrected chi connectivity index (χ2v) is 8.27. The van der Waals surface area contributed by atoms with Crippen molar-refractivity contribution in [3.05, 3.63) is 81.6 Å². The Labute approximate surface area is 194 Å². The molecule has 1 aliphatic rings. The van der Waals surface area contributed by atoms with Crippen LogP contribution in [0.15, 0.2) is 48.5 Å². The van der Waals surface area contributed by atoms with Gasteiger partial charge in [0.05, 0.1) is 5.02 Å². The summed E-state index contributed by atoms with van der Waals surface area (Å²) in [5, 5.41) is 22.0. The Bertz CT molecular complexity index is 1230. The summed E-state index contributed by atoms with van der Waals surface area (Å²) in [5.41, 5.74) is 3.68. The van der Waals surface area contributed by atoms with E-state index in [0.29, 0.717) is 42.0 Å². The van der Waals surface area contributed by atoms with Crippen LogP contribution in [0.5, 0.6) is 17.2 Å². The molecule has 8 heteroatoms. The van der Waals surface area contributed by atoms with Gasteiger partial charge in [0.15, 0.2) is 0 Å². The lowest BCUT2D eigenvalue weighted by Crippen LogP contribution is -2.17. The number of hydrogen-bond donors (Lipinski definition) is 3. The number of amides is 1. The van der Waals surface area contributed by atoms with Crippen LogP contribution >= 0.6 is 11.6 Å². The molecule has 3 aromatic rings. The second-order valence-electron chi connectivity index (χ2n) is 7.86. The molecule has 6 nitrogen and oxygen atoms in total. The predicted molar refractivity (Wildman–Crippen MR) is 122 cm³/mol. The van der Waals surface area contributed by atoms with Gasteiger partial charge in [-0.2, -0.15) is 0 Å². The summed E-state index contributed by atoms with van der Waals surface area (Å²) in [5.74, 6) is -1.11. The van der Waals surface area contributed by atoms with Crippen molar-refractivity contribution in [2.45, 2.75) is 32.1 Å². The number of carbonyl (C=O) groups excluding carboxylic acids is 1. The van der Waals surface area contributed by atoms with E-state index in [0.717, 1.165) is 23.1 Å². The molecular formula is C25H21ClFNO5. The molecule has 0 unspecified atom stereocenters. The standard InChI is InChI=1S/C25H21ClFNO5/c26-20-12-21(28-23(30)13-24(31)32)18-2-1-3-19(18)25(20)33-17-8-9-22(29)15(11-17)10-14-4-6-16(27)7-5-14/h4-9,11-12,29H,1-3,10,13H2,(H,28,30)(H,31,32). The van der Waals surface area contributed by atoms with Crippen LogP contribution in [-0.2, 0) is 28.9 Å². The van der Waals surface area contributed by atoms with Crippen molar-refractivity contribution >= 4 is 29.2 Å². The number of aromatic hydroxyl groups is 1. The number of carboxylic acids is 1. The fraction of sp³-hybridized carbons (Fsp3) is 0.200. The summed E-state index contributed by atoms with van der Waals surface area (Å²) >= 11 is 6.49. The Morgan fingerprint density at radius 1 is 1.06 bits per heavy atom. The largest absolute Gasteiger partial charge is 0.508 e. The maximum absolute atomic E-state index is 13.2. The maximum atomic E-state index is 13.2. The first-order chi connectivity index (χ1) is 15.8. The normalized spacial score (nSPS) is 12.3. The first kappa shape index (κ1) is 22.6. The zero-order valence-corrected chi connectivity index (χ0v) is 18.3. The summed E-state index contributed by atoms with van der Waals surface area (Å²) in [6.45, 7) is 0. The Balaban J connectivity index is 1.60. The predicted octanol–water partition coefficient (Wildman–Crippen LogP) is 5.47. The number of halogens is 2. The van der Waals surface area contributed by atoms with Gasteiger partial charge in [-0.05, 0) is 66.8 Å². The molecule has 1 amide bonds. The maximum Gasteiger partial charge on any atom is 0.312 e. The van der Waals surface area contributed by atoms with E-state index < -0.39 is 18.3 Å². The lowest BCUT2D eigenvalue weighted by molar-refractivity contribution is -0.139. The molecule has 0 spiro atoms. The van der Waals surface area contributed by atoms with E-state index in [1.165, 1.54) is 18.2 Å². The van der Waals surface area contributed by atoms with Crippen LogP contribution in [0.2, 0.25) is 5.02 Å². The van der Waals surface area contributed by atoms with Crippen LogP contribution < -0.4 is 10.1 Å². The highest BCUT2D eigenvalue weighted by Gasteiger charge is 2.24. The number of aliphatic carboxylic acids is 1. The number of carboxylic acid groups (broad SMARTS) is 1. The van der Waals surface area contributed by atoms with Gasteiger partial charge in [-0.3, -0.25) is 9.59 Å². The van der Waals surface area contributed by atoms with Gasteiger partial charge in [0.1, 0.15) is 29.5 Å². The number of fused-ring (bicyclic) bond motifs is 1. The van der Waals surface area contributed by atoms with E-state index in [1.54, 1.807) is 30.3 Å². The minimum atomic E-state index is -1.21. The SMILES string of the molecule is O=C(O)CC(=O)Nc1cc(Cl)c(Oc2ccc(O)c(Cc3ccc(F)cc3)c2)c2c1CCC2. The molecule has 0 aromatic heterocycles. The van der Waals surface area contributed by atoms with E-state index in [9.17, 15) is 19.1 Å². The van der Waals surface area contributed by atoms with Gasteiger partial charge in [-0.15, -0.1) is 0 Å². The minimum Gasteiger partial charge on any atom is -0.508 e. The third kappa shape index (κ3) is 5.26. The molecule has 0 heterocycles. The molecule has 4 rings (SSSR count). The van der Waals surface area contributed by atoms with Crippen LogP contribution in [0.25, 0.3) is 0 Å². The van der Waals surface area contributed by atoms with E-state index in [2.05, 4.69) is 5.32 Å². The molecule has 170 valence electrons. The summed E-state index contributed by atoms with van der Waals surface area (Å²) in [4.78, 5) is 22.7. The van der Waals surface area contributed by atoms with E-state index in [-0.39, 0.29) is 16.6 Å². The molecule has 0 atom stereocenters. The van der Waals surface area contributed by atoms with Crippen LogP contribution in [-0.4, -0.2) is 22.1 Å². The van der Waals surface area contributed by atoms with Crippen molar-refractivity contribution in [3.8, 4) is 17.2 Å². The first-order valence-corrected chi connectivity index (χ1v) is 10.8. The smallest absolute Gasteiger partial charge is 0.312 e. The Hall–Kier alpha value is -3.58. The fourth-order valence-corrected chi connectivity index (χ4v) is 4.24. The van der Waals surface area contributed by atoms with Crippen LogP contribution in [0.4, 0.5) is 10.1 Å². The Morgan fingerprint density at radius 3 is 2.52 bits per heavy atom. The van der Waals surface area contributed by atoms with E-state index in [1.807, 2.05) is 0 Å². The Morgan fingerprint density at radius 2 is 1.79 bits per heavy atom. The highest BCUT2D eigenvalue weighted by Crippen LogP contribution is 2.43. The summed E-state index contributed by atoms with van der Waals surface area (Å²) in [6.07, 6.45) is 2.02. The molecule has 0 fully saturated rings. The number of hydrogen-bond acceptors (Lipinski definition) is 4. The molecule has 0 saturated carbocycles. The van der Waals surface area contributed by atoms with Gasteiger partial charge >= 0.3 is 5.97 Å². The topological polar surface area (TPSA) is 95.9 Å². The van der Waals surface area contributed by atoms with Crippen molar-refractivity contribution in [2.24, 2.45) is 0 Å². The average molecular weight is 470 g/mol. The van der Waals surface area contributed by atoms with Crippen molar-refractivity contribution in [2.75, 3.05) is 5.32 Å². The molecule has 33 heavy (non-hydrogen) atoms. The molecule has 0 aliphatic heterocycles. The minimum absolute atomic E-state index is 0.0968. The highest BCUT2D eigenvalue weighted by molar-refractivity contribution is 6.32. The van der Waals surface area contributed by atoms with Gasteiger partial charge in [0.2, 0.25) is 5.91 Å². The molecule has 1 aliphatic carbocycles. The first-order valence-electron chi connectivity index (χ1n) is 10.4. The number of benzene rings is 3. The number of phenolic OH excluding ortho intramolecular Hbond substituents is 1. The van der Waals surface area contributed by atoms with E-state index >= 15 is 0 Å². The lowest BCUT2D eigenvalue weighted by Gasteiger charge is -2.17. The Kier molecular flexibility index (Phi) is 6.51. The zero-order chi connectivity index (χ0) is 23.5. The van der Waals surface area contributed by atoms with Gasteiger partial charge < -0.3 is 20.3 Å².